The molecule has 0 saturated heterocycles. The Morgan fingerprint density at radius 1 is 1.58 bits per heavy atom. The minimum Gasteiger partial charge on any atom is -0.399 e. The third-order valence-corrected chi connectivity index (χ3v) is 1.61. The average molecular weight is 162 g/mol. The van der Waals surface area contributed by atoms with Gasteiger partial charge in [-0.15, -0.1) is 0 Å². The number of nitrogen functional groups attached to an aromatic ring is 1. The Labute approximate surface area is 70.9 Å². The van der Waals surface area contributed by atoms with Crippen molar-refractivity contribution in [1.82, 2.24) is 0 Å². The molecule has 0 unspecified atom stereocenters. The van der Waals surface area contributed by atoms with E-state index < -0.39 is 4.92 Å². The summed E-state index contributed by atoms with van der Waals surface area (Å²) in [5, 5.41) is 10.3. The maximum atomic E-state index is 10.3. The number of nitro groups is 1. The Balaban J connectivity index is 3.31. The predicted molar refractivity (Wildman–Crippen MR) is 47.6 cm³/mol. The predicted octanol–water partition coefficient (Wildman–Crippen LogP) is 0.279. The molecular weight excluding hydrogens is 155 g/mol. The van der Waals surface area contributed by atoms with Gasteiger partial charge < -0.3 is 5.73 Å². The van der Waals surface area contributed by atoms with Gasteiger partial charge in [-0.2, -0.15) is 0 Å². The van der Waals surface area contributed by atoms with Crippen molar-refractivity contribution in [3.8, 4) is 0 Å². The summed E-state index contributed by atoms with van der Waals surface area (Å²) in [5.74, 6) is 0. The fourth-order valence-corrected chi connectivity index (χ4v) is 0.911. The van der Waals surface area contributed by atoms with Crippen LogP contribution in [0.25, 0.3) is 0 Å². The van der Waals surface area contributed by atoms with E-state index in [9.17, 15) is 10.1 Å². The van der Waals surface area contributed by atoms with Crippen LogP contribution in [0.2, 0.25) is 0 Å². The SMILES string of the molecule is [B]c1c(C)cc([N+](=O)[O-])cc1N. The number of benzene rings is 1. The van der Waals surface area contributed by atoms with Crippen LogP contribution in [0.1, 0.15) is 5.56 Å². The van der Waals surface area contributed by atoms with Crippen LogP contribution in [-0.4, -0.2) is 12.8 Å². The summed E-state index contributed by atoms with van der Waals surface area (Å²) >= 11 is 0. The van der Waals surface area contributed by atoms with Gasteiger partial charge in [-0.05, 0) is 12.5 Å². The molecule has 0 aromatic heterocycles. The normalized spacial score (nSPS) is 9.75. The van der Waals surface area contributed by atoms with E-state index in [0.29, 0.717) is 11.0 Å². The van der Waals surface area contributed by atoms with E-state index >= 15 is 0 Å². The number of nitro benzene ring substituents is 1. The molecular formula is C7H7BN2O2. The van der Waals surface area contributed by atoms with E-state index in [-0.39, 0.29) is 11.4 Å². The van der Waals surface area contributed by atoms with Crippen LogP contribution < -0.4 is 11.2 Å². The number of anilines is 1. The highest BCUT2D eigenvalue weighted by atomic mass is 16.6. The van der Waals surface area contributed by atoms with Crippen molar-refractivity contribution in [3.63, 3.8) is 0 Å². The van der Waals surface area contributed by atoms with Crippen molar-refractivity contribution >= 4 is 24.7 Å². The van der Waals surface area contributed by atoms with Crippen molar-refractivity contribution in [2.75, 3.05) is 5.73 Å². The molecule has 0 saturated carbocycles. The number of nitrogens with zero attached hydrogens (tertiary/aromatic N) is 1. The van der Waals surface area contributed by atoms with E-state index in [1.807, 2.05) is 0 Å². The highest BCUT2D eigenvalue weighted by Crippen LogP contribution is 2.15. The second-order valence-electron chi connectivity index (χ2n) is 2.52. The van der Waals surface area contributed by atoms with Crippen LogP contribution in [0, 0.1) is 17.0 Å². The smallest absolute Gasteiger partial charge is 0.271 e. The van der Waals surface area contributed by atoms with Crippen molar-refractivity contribution in [1.29, 1.82) is 0 Å². The zero-order valence-corrected chi connectivity index (χ0v) is 6.57. The molecule has 60 valence electrons. The van der Waals surface area contributed by atoms with Crippen LogP contribution in [0.3, 0.4) is 0 Å². The molecule has 0 heterocycles. The molecule has 0 aliphatic rings. The van der Waals surface area contributed by atoms with Crippen LogP contribution >= 0.6 is 0 Å². The van der Waals surface area contributed by atoms with Gasteiger partial charge in [0, 0.05) is 17.8 Å². The molecule has 1 aromatic carbocycles. The van der Waals surface area contributed by atoms with Gasteiger partial charge in [0.1, 0.15) is 7.85 Å². The van der Waals surface area contributed by atoms with Crippen molar-refractivity contribution in [2.45, 2.75) is 6.92 Å². The first-order chi connectivity index (χ1) is 5.52. The average Bonchev–Trinajstić information content (AvgIpc) is 1.99. The lowest BCUT2D eigenvalue weighted by Crippen LogP contribution is -2.13. The largest absolute Gasteiger partial charge is 0.399 e. The molecule has 1 aromatic rings. The second-order valence-corrected chi connectivity index (χ2v) is 2.52. The summed E-state index contributed by atoms with van der Waals surface area (Å²) in [4.78, 5) is 9.83. The molecule has 0 aliphatic heterocycles. The number of hydrogen-bond donors (Lipinski definition) is 1. The Bertz CT molecular complexity index is 315. The van der Waals surface area contributed by atoms with Crippen molar-refractivity contribution in [2.24, 2.45) is 0 Å². The summed E-state index contributed by atoms with van der Waals surface area (Å²) < 4.78 is 0. The number of aryl methyl sites for hydroxylation is 1. The van der Waals surface area contributed by atoms with Crippen LogP contribution in [0.5, 0.6) is 0 Å². The molecule has 0 fully saturated rings. The lowest BCUT2D eigenvalue weighted by Gasteiger charge is -2.03. The fourth-order valence-electron chi connectivity index (χ4n) is 0.911. The van der Waals surface area contributed by atoms with Gasteiger partial charge in [-0.25, -0.2) is 0 Å². The monoisotopic (exact) mass is 162 g/mol. The highest BCUT2D eigenvalue weighted by molar-refractivity contribution is 6.36. The lowest BCUT2D eigenvalue weighted by molar-refractivity contribution is -0.384. The van der Waals surface area contributed by atoms with E-state index in [1.54, 1.807) is 6.92 Å². The van der Waals surface area contributed by atoms with Gasteiger partial charge in [-0.3, -0.25) is 10.1 Å². The molecule has 0 amide bonds. The van der Waals surface area contributed by atoms with Gasteiger partial charge in [0.25, 0.3) is 5.69 Å². The minimum absolute atomic E-state index is 0.0285. The number of rotatable bonds is 1. The van der Waals surface area contributed by atoms with Crippen LogP contribution in [0.15, 0.2) is 12.1 Å². The van der Waals surface area contributed by atoms with E-state index in [2.05, 4.69) is 0 Å². The summed E-state index contributed by atoms with van der Waals surface area (Å²) in [5.41, 5.74) is 6.68. The summed E-state index contributed by atoms with van der Waals surface area (Å²) in [6.07, 6.45) is 0. The van der Waals surface area contributed by atoms with E-state index in [4.69, 9.17) is 13.6 Å². The first-order valence-electron chi connectivity index (χ1n) is 3.32. The maximum Gasteiger partial charge on any atom is 0.271 e. The minimum atomic E-state index is -0.497. The van der Waals surface area contributed by atoms with Crippen LogP contribution in [0.4, 0.5) is 11.4 Å². The summed E-state index contributed by atoms with van der Waals surface area (Å²) in [6, 6.07) is 2.65. The molecule has 4 nitrogen and oxygen atoms in total. The molecule has 12 heavy (non-hydrogen) atoms. The zero-order valence-electron chi connectivity index (χ0n) is 6.57. The quantitative estimate of drug-likeness (QED) is 0.279. The zero-order chi connectivity index (χ0) is 9.30. The van der Waals surface area contributed by atoms with Gasteiger partial charge in [-0.1, -0.05) is 5.46 Å². The molecule has 0 spiro atoms. The van der Waals surface area contributed by atoms with E-state index in [1.165, 1.54) is 12.1 Å². The highest BCUT2D eigenvalue weighted by Gasteiger charge is 2.08. The van der Waals surface area contributed by atoms with Gasteiger partial charge in [0.05, 0.1) is 4.92 Å². The van der Waals surface area contributed by atoms with Gasteiger partial charge in [0.15, 0.2) is 0 Å². The third kappa shape index (κ3) is 1.39. The van der Waals surface area contributed by atoms with E-state index in [0.717, 1.165) is 0 Å². The van der Waals surface area contributed by atoms with Gasteiger partial charge in [0.2, 0.25) is 0 Å². The first kappa shape index (κ1) is 8.58. The molecule has 1 rings (SSSR count). The Kier molecular flexibility index (Phi) is 2.04. The maximum absolute atomic E-state index is 10.3. The molecule has 2 N–H and O–H groups in total. The second kappa shape index (κ2) is 2.85. The Morgan fingerprint density at radius 2 is 2.17 bits per heavy atom. The fraction of sp³-hybridized carbons (Fsp3) is 0.143. The first-order valence-corrected chi connectivity index (χ1v) is 3.32. The lowest BCUT2D eigenvalue weighted by atomic mass is 9.89. The van der Waals surface area contributed by atoms with Gasteiger partial charge >= 0.3 is 0 Å². The Hall–Kier alpha value is -1.52. The molecule has 0 atom stereocenters. The topological polar surface area (TPSA) is 69.2 Å². The summed E-state index contributed by atoms with van der Waals surface area (Å²) in [7, 11) is 5.50. The Morgan fingerprint density at radius 3 is 2.58 bits per heavy atom. The van der Waals surface area contributed by atoms with Crippen molar-refractivity contribution in [3.05, 3.63) is 27.8 Å². The molecule has 2 radical (unpaired) electrons. The number of non-ortho nitro benzene ring substituents is 1. The number of hydrogen-bond acceptors (Lipinski definition) is 3. The van der Waals surface area contributed by atoms with Crippen LogP contribution in [-0.2, 0) is 0 Å². The number of nitrogens with two attached hydrogens (primary N) is 1. The molecule has 0 bridgehead atoms. The molecule has 5 heteroatoms. The summed E-state index contributed by atoms with van der Waals surface area (Å²) in [6.45, 7) is 1.68. The molecule has 0 aliphatic carbocycles. The third-order valence-electron chi connectivity index (χ3n) is 1.61. The standard InChI is InChI=1S/C7H7BN2O2/c1-4-2-5(10(11)12)3-6(9)7(4)8/h2-3H,9H2,1H3. The van der Waals surface area contributed by atoms with Crippen molar-refractivity contribution < 1.29 is 4.92 Å².